The fourth-order valence-electron chi connectivity index (χ4n) is 3.19. The van der Waals surface area contributed by atoms with E-state index in [0.29, 0.717) is 11.1 Å². The van der Waals surface area contributed by atoms with Crippen molar-refractivity contribution in [3.05, 3.63) is 58.4 Å². The van der Waals surface area contributed by atoms with Crippen LogP contribution < -0.4 is 0 Å². The lowest BCUT2D eigenvalue weighted by molar-refractivity contribution is -0.138. The molecule has 0 spiro atoms. The van der Waals surface area contributed by atoms with Crippen molar-refractivity contribution in [3.8, 4) is 22.7 Å². The van der Waals surface area contributed by atoms with Crippen molar-refractivity contribution in [2.45, 2.75) is 46.1 Å². The molecule has 0 aliphatic rings. The van der Waals surface area contributed by atoms with Gasteiger partial charge in [-0.1, -0.05) is 43.5 Å². The molecule has 2 atom stereocenters. The van der Waals surface area contributed by atoms with Gasteiger partial charge in [0.2, 0.25) is 0 Å². The Morgan fingerprint density at radius 1 is 1.20 bits per heavy atom. The summed E-state index contributed by atoms with van der Waals surface area (Å²) < 4.78 is 26.2. The van der Waals surface area contributed by atoms with Gasteiger partial charge in [0.05, 0.1) is 18.7 Å². The number of halogens is 1. The van der Waals surface area contributed by atoms with Gasteiger partial charge in [0.15, 0.2) is 0 Å². The number of aliphatic hydroxyl groups is 1. The van der Waals surface area contributed by atoms with Crippen LogP contribution in [0.1, 0.15) is 48.4 Å². The van der Waals surface area contributed by atoms with Crippen molar-refractivity contribution in [3.63, 3.8) is 0 Å². The van der Waals surface area contributed by atoms with Crippen LogP contribution in [-0.4, -0.2) is 33.3 Å². The maximum Gasteiger partial charge on any atom is 0.305 e. The van der Waals surface area contributed by atoms with E-state index in [1.165, 1.54) is 6.07 Å². The average Bonchev–Trinajstić information content (AvgIpc) is 2.61. The second-order valence-corrected chi connectivity index (χ2v) is 9.76. The Hall–Kier alpha value is -2.45. The number of benzene rings is 2. The normalized spacial score (nSPS) is 14.0. The molecule has 160 valence electrons. The predicted molar refractivity (Wildman–Crippen MR) is 115 cm³/mol. The zero-order valence-corrected chi connectivity index (χ0v) is 18.3. The highest BCUT2D eigenvalue weighted by molar-refractivity contribution is 7.63. The van der Waals surface area contributed by atoms with E-state index in [0.717, 1.165) is 22.3 Å². The Morgan fingerprint density at radius 2 is 1.87 bits per heavy atom. The molecule has 2 aromatic rings. The number of carboxylic acid groups (broad SMARTS) is 1. The van der Waals surface area contributed by atoms with E-state index < -0.39 is 32.0 Å². The number of hydrogen-bond donors (Lipinski definition) is 3. The van der Waals surface area contributed by atoms with Crippen LogP contribution in [-0.2, 0) is 9.36 Å². The van der Waals surface area contributed by atoms with Crippen molar-refractivity contribution >= 4 is 13.3 Å². The van der Waals surface area contributed by atoms with Gasteiger partial charge >= 0.3 is 5.97 Å². The van der Waals surface area contributed by atoms with Crippen LogP contribution in [0.25, 0.3) is 11.1 Å². The minimum absolute atomic E-state index is 0.0742. The second-order valence-electron chi connectivity index (χ2n) is 7.77. The average molecular weight is 432 g/mol. The van der Waals surface area contributed by atoms with Crippen molar-refractivity contribution < 1.29 is 28.9 Å². The lowest BCUT2D eigenvalue weighted by Gasteiger charge is -2.16. The number of carboxylic acids is 1. The largest absolute Gasteiger partial charge is 0.481 e. The highest BCUT2D eigenvalue weighted by Gasteiger charge is 2.23. The van der Waals surface area contributed by atoms with Gasteiger partial charge in [0, 0.05) is 5.56 Å². The first kappa shape index (κ1) is 23.8. The zero-order chi connectivity index (χ0) is 22.6. The van der Waals surface area contributed by atoms with Crippen LogP contribution in [0, 0.1) is 31.2 Å². The molecule has 2 rings (SSSR count). The second kappa shape index (κ2) is 9.57. The fourth-order valence-corrected chi connectivity index (χ4v) is 4.27. The first-order valence-electron chi connectivity index (χ1n) is 9.55. The molecule has 2 aromatic carbocycles. The fraction of sp³-hybridized carbons (Fsp3) is 0.348. The number of hydrogen-bond acceptors (Lipinski definition) is 3. The van der Waals surface area contributed by atoms with Crippen molar-refractivity contribution in [1.29, 1.82) is 0 Å². The molecule has 0 aromatic heterocycles. The van der Waals surface area contributed by atoms with Crippen molar-refractivity contribution in [2.24, 2.45) is 0 Å². The van der Waals surface area contributed by atoms with Crippen LogP contribution in [0.3, 0.4) is 0 Å². The van der Waals surface area contributed by atoms with Crippen LogP contribution in [0.15, 0.2) is 30.3 Å². The maximum absolute atomic E-state index is 13.8. The molecule has 0 amide bonds. The quantitative estimate of drug-likeness (QED) is 0.456. The van der Waals surface area contributed by atoms with E-state index in [1.807, 2.05) is 32.9 Å². The summed E-state index contributed by atoms with van der Waals surface area (Å²) in [5.74, 6) is 1.30. The molecule has 7 heteroatoms. The Labute approximate surface area is 176 Å². The van der Waals surface area contributed by atoms with E-state index in [2.05, 4.69) is 11.6 Å². The monoisotopic (exact) mass is 432 g/mol. The molecule has 3 N–H and O–H groups in total. The summed E-state index contributed by atoms with van der Waals surface area (Å²) in [6.45, 7) is 7.56. The minimum atomic E-state index is -4.10. The standard InChI is InChI=1S/C23H26FO5P/c1-14(2)20-9-15(3)10-21(17-5-6-22(24)16(4)11-17)19(20)7-8-30(28,29)13-18(25)12-23(26)27/h5-6,9-11,14,18,25H,12-13H2,1-4H3,(H,26,27)(H,28,29)/t18-/m0/s1. The van der Waals surface area contributed by atoms with Crippen LogP contribution >= 0.6 is 7.37 Å². The highest BCUT2D eigenvalue weighted by Crippen LogP contribution is 2.41. The van der Waals surface area contributed by atoms with Crippen LogP contribution in [0.4, 0.5) is 4.39 Å². The van der Waals surface area contributed by atoms with Gasteiger partial charge in [0.25, 0.3) is 7.37 Å². The summed E-state index contributed by atoms with van der Waals surface area (Å²) in [5.41, 5.74) is 6.72. The summed E-state index contributed by atoms with van der Waals surface area (Å²) in [7, 11) is -4.10. The molecule has 0 bridgehead atoms. The summed E-state index contributed by atoms with van der Waals surface area (Å²) >= 11 is 0. The lowest BCUT2D eigenvalue weighted by Crippen LogP contribution is -2.17. The summed E-state index contributed by atoms with van der Waals surface area (Å²) in [6, 6.07) is 8.56. The number of aryl methyl sites for hydroxylation is 2. The Balaban J connectivity index is 2.59. The van der Waals surface area contributed by atoms with E-state index in [-0.39, 0.29) is 11.7 Å². The molecule has 30 heavy (non-hydrogen) atoms. The third-order valence-corrected chi connectivity index (χ3v) is 6.01. The van der Waals surface area contributed by atoms with E-state index in [1.54, 1.807) is 19.1 Å². The molecule has 0 radical (unpaired) electrons. The van der Waals surface area contributed by atoms with Crippen molar-refractivity contribution in [2.75, 3.05) is 6.16 Å². The molecule has 0 saturated heterocycles. The third-order valence-electron chi connectivity index (χ3n) is 4.63. The number of aliphatic hydroxyl groups excluding tert-OH is 1. The molecular weight excluding hydrogens is 406 g/mol. The predicted octanol–water partition coefficient (Wildman–Crippen LogP) is 4.65. The molecule has 1 unspecified atom stereocenters. The number of rotatable bonds is 6. The Bertz CT molecular complexity index is 1070. The van der Waals surface area contributed by atoms with E-state index >= 15 is 0 Å². The van der Waals surface area contributed by atoms with Gasteiger partial charge in [0.1, 0.15) is 5.82 Å². The topological polar surface area (TPSA) is 94.8 Å². The number of carbonyl (C=O) groups is 1. The summed E-state index contributed by atoms with van der Waals surface area (Å²) in [6.07, 6.45) is -2.72. The molecular formula is C23H26FO5P. The van der Waals surface area contributed by atoms with Gasteiger partial charge < -0.3 is 15.1 Å². The van der Waals surface area contributed by atoms with Gasteiger partial charge in [-0.3, -0.25) is 9.36 Å². The lowest BCUT2D eigenvalue weighted by atomic mass is 9.88. The third kappa shape index (κ3) is 6.27. The van der Waals surface area contributed by atoms with Gasteiger partial charge in [-0.05, 0) is 59.8 Å². The zero-order valence-electron chi connectivity index (χ0n) is 17.4. The van der Waals surface area contributed by atoms with Crippen LogP contribution in [0.2, 0.25) is 0 Å². The summed E-state index contributed by atoms with van der Waals surface area (Å²) in [4.78, 5) is 20.8. The number of aliphatic carboxylic acids is 1. The molecule has 0 heterocycles. The first-order valence-corrected chi connectivity index (χ1v) is 11.4. The Kier molecular flexibility index (Phi) is 7.60. The smallest absolute Gasteiger partial charge is 0.305 e. The molecule has 0 saturated carbocycles. The van der Waals surface area contributed by atoms with E-state index in [4.69, 9.17) is 5.11 Å². The van der Waals surface area contributed by atoms with Gasteiger partial charge in [-0.2, -0.15) is 0 Å². The van der Waals surface area contributed by atoms with Gasteiger partial charge in [-0.15, -0.1) is 0 Å². The van der Waals surface area contributed by atoms with E-state index in [9.17, 15) is 23.7 Å². The molecule has 0 aliphatic heterocycles. The Morgan fingerprint density at radius 3 is 2.43 bits per heavy atom. The SMILES string of the molecule is Cc1cc(-c2ccc(F)c(C)c2)c(C#CP(=O)(O)C[C@@H](O)CC(=O)O)c(C(C)C)c1. The molecule has 0 aliphatic carbocycles. The maximum atomic E-state index is 13.8. The highest BCUT2D eigenvalue weighted by atomic mass is 31.2. The van der Waals surface area contributed by atoms with Crippen molar-refractivity contribution in [1.82, 2.24) is 0 Å². The summed E-state index contributed by atoms with van der Waals surface area (Å²) in [5, 5.41) is 18.4. The molecule has 5 nitrogen and oxygen atoms in total. The molecule has 0 fully saturated rings. The van der Waals surface area contributed by atoms with Gasteiger partial charge in [-0.25, -0.2) is 4.39 Å². The van der Waals surface area contributed by atoms with Crippen LogP contribution in [0.5, 0.6) is 0 Å². The minimum Gasteiger partial charge on any atom is -0.481 e. The first-order chi connectivity index (χ1) is 13.9.